The van der Waals surface area contributed by atoms with Crippen LogP contribution in [0.5, 0.6) is 0 Å². The third kappa shape index (κ3) is 2.99. The fourth-order valence-electron chi connectivity index (χ4n) is 1.41. The fourth-order valence-corrected chi connectivity index (χ4v) is 1.60. The molecule has 0 bridgehead atoms. The summed E-state index contributed by atoms with van der Waals surface area (Å²) in [5.41, 5.74) is 0. The smallest absolute Gasteiger partial charge is 0.229 e. The lowest BCUT2D eigenvalue weighted by atomic mass is 10.2. The van der Waals surface area contributed by atoms with Gasteiger partial charge in [0.2, 0.25) is 11.8 Å². The van der Waals surface area contributed by atoms with Gasteiger partial charge < -0.3 is 0 Å². The zero-order chi connectivity index (χ0) is 9.68. The highest BCUT2D eigenvalue weighted by atomic mass is 35.5. The molecule has 0 unspecified atom stereocenters. The molecule has 0 spiro atoms. The topological polar surface area (TPSA) is 37.4 Å². The highest BCUT2D eigenvalue weighted by molar-refractivity contribution is 6.17. The van der Waals surface area contributed by atoms with E-state index in [4.69, 9.17) is 11.6 Å². The highest BCUT2D eigenvalue weighted by Crippen LogP contribution is 2.12. The molecule has 0 aromatic rings. The van der Waals surface area contributed by atoms with Crippen molar-refractivity contribution < 1.29 is 9.59 Å². The second-order valence-electron chi connectivity index (χ2n) is 3.19. The molecule has 0 radical (unpaired) electrons. The molecule has 0 aliphatic carbocycles. The molecule has 0 atom stereocenters. The van der Waals surface area contributed by atoms with Crippen LogP contribution >= 0.6 is 11.6 Å². The Morgan fingerprint density at radius 2 is 1.69 bits per heavy atom. The van der Waals surface area contributed by atoms with Crippen LogP contribution in [0.1, 0.15) is 32.1 Å². The number of halogens is 1. The van der Waals surface area contributed by atoms with Crippen LogP contribution < -0.4 is 0 Å². The normalized spacial score (nSPS) is 17.2. The number of imide groups is 1. The van der Waals surface area contributed by atoms with Gasteiger partial charge in [-0.1, -0.05) is 6.42 Å². The summed E-state index contributed by atoms with van der Waals surface area (Å²) in [5.74, 6) is 0.619. The molecule has 0 aromatic carbocycles. The van der Waals surface area contributed by atoms with Gasteiger partial charge in [-0.3, -0.25) is 14.5 Å². The number of likely N-dealkylation sites (tertiary alicyclic amines) is 1. The fraction of sp³-hybridized carbons (Fsp3) is 0.778. The molecule has 0 N–H and O–H groups in total. The summed E-state index contributed by atoms with van der Waals surface area (Å²) in [6, 6.07) is 0. The zero-order valence-electron chi connectivity index (χ0n) is 7.59. The van der Waals surface area contributed by atoms with E-state index in [0.29, 0.717) is 25.3 Å². The maximum absolute atomic E-state index is 11.1. The first-order valence-corrected chi connectivity index (χ1v) is 5.18. The molecule has 3 nitrogen and oxygen atoms in total. The molecule has 0 aromatic heterocycles. The number of alkyl halides is 1. The van der Waals surface area contributed by atoms with Crippen LogP contribution in [-0.2, 0) is 9.59 Å². The molecular weight excluding hydrogens is 190 g/mol. The predicted octanol–water partition coefficient (Wildman–Crippen LogP) is 1.54. The number of unbranched alkanes of at least 4 members (excludes halogenated alkanes) is 2. The molecular formula is C9H14ClNO2. The van der Waals surface area contributed by atoms with Crippen LogP contribution in [0.4, 0.5) is 0 Å². The van der Waals surface area contributed by atoms with Gasteiger partial charge in [0.05, 0.1) is 0 Å². The second kappa shape index (κ2) is 5.22. The summed E-state index contributed by atoms with van der Waals surface area (Å²) >= 11 is 5.51. The van der Waals surface area contributed by atoms with E-state index in [2.05, 4.69) is 0 Å². The maximum Gasteiger partial charge on any atom is 0.229 e. The van der Waals surface area contributed by atoms with Gasteiger partial charge in [-0.25, -0.2) is 0 Å². The number of carbonyl (C=O) groups is 2. The monoisotopic (exact) mass is 203 g/mol. The Morgan fingerprint density at radius 1 is 1.08 bits per heavy atom. The number of amides is 2. The lowest BCUT2D eigenvalue weighted by Crippen LogP contribution is -2.29. The Labute approximate surface area is 83.0 Å². The summed E-state index contributed by atoms with van der Waals surface area (Å²) in [5, 5.41) is 0. The van der Waals surface area contributed by atoms with Crippen molar-refractivity contribution in [1.82, 2.24) is 4.90 Å². The van der Waals surface area contributed by atoms with Crippen LogP contribution in [-0.4, -0.2) is 29.1 Å². The van der Waals surface area contributed by atoms with Crippen LogP contribution in [0.15, 0.2) is 0 Å². The van der Waals surface area contributed by atoms with Gasteiger partial charge in [-0.05, 0) is 12.8 Å². The van der Waals surface area contributed by atoms with Gasteiger partial charge in [0.1, 0.15) is 0 Å². The summed E-state index contributed by atoms with van der Waals surface area (Å²) < 4.78 is 0. The summed E-state index contributed by atoms with van der Waals surface area (Å²) in [7, 11) is 0. The standard InChI is InChI=1S/C9H14ClNO2/c10-6-2-1-3-7-11-8(12)4-5-9(11)13/h1-7H2. The number of nitrogens with zero attached hydrogens (tertiary/aromatic N) is 1. The third-order valence-corrected chi connectivity index (χ3v) is 2.44. The summed E-state index contributed by atoms with van der Waals surface area (Å²) in [6.45, 7) is 0.578. The van der Waals surface area contributed by atoms with E-state index in [1.54, 1.807) is 0 Å². The van der Waals surface area contributed by atoms with Gasteiger partial charge in [-0.2, -0.15) is 0 Å². The van der Waals surface area contributed by atoms with Crippen LogP contribution in [0.2, 0.25) is 0 Å². The predicted molar refractivity (Wildman–Crippen MR) is 50.5 cm³/mol. The van der Waals surface area contributed by atoms with E-state index in [0.717, 1.165) is 19.3 Å². The molecule has 1 aliphatic heterocycles. The second-order valence-corrected chi connectivity index (χ2v) is 3.57. The van der Waals surface area contributed by atoms with Crippen molar-refractivity contribution in [2.24, 2.45) is 0 Å². The first-order chi connectivity index (χ1) is 6.25. The van der Waals surface area contributed by atoms with Crippen molar-refractivity contribution in [3.63, 3.8) is 0 Å². The van der Waals surface area contributed by atoms with Crippen molar-refractivity contribution >= 4 is 23.4 Å². The minimum atomic E-state index is -0.0177. The van der Waals surface area contributed by atoms with E-state index in [-0.39, 0.29) is 11.8 Å². The third-order valence-electron chi connectivity index (χ3n) is 2.17. The van der Waals surface area contributed by atoms with E-state index >= 15 is 0 Å². The molecule has 74 valence electrons. The van der Waals surface area contributed by atoms with Crippen LogP contribution in [0.25, 0.3) is 0 Å². The molecule has 1 fully saturated rings. The largest absolute Gasteiger partial charge is 0.283 e. The highest BCUT2D eigenvalue weighted by Gasteiger charge is 2.27. The Kier molecular flexibility index (Phi) is 4.22. The first kappa shape index (κ1) is 10.5. The average Bonchev–Trinajstić information content (AvgIpc) is 2.42. The van der Waals surface area contributed by atoms with Crippen molar-refractivity contribution in [1.29, 1.82) is 0 Å². The van der Waals surface area contributed by atoms with Gasteiger partial charge in [-0.15, -0.1) is 11.6 Å². The minimum absolute atomic E-state index is 0.0177. The minimum Gasteiger partial charge on any atom is -0.283 e. The number of rotatable bonds is 5. The quantitative estimate of drug-likeness (QED) is 0.386. The molecule has 0 saturated carbocycles. The Bertz CT molecular complexity index is 190. The molecule has 1 heterocycles. The lowest BCUT2D eigenvalue weighted by molar-refractivity contribution is -0.138. The van der Waals surface area contributed by atoms with E-state index in [1.165, 1.54) is 4.90 Å². The SMILES string of the molecule is O=C1CCC(=O)N1CCCCCCl. The molecule has 2 amide bonds. The number of carbonyl (C=O) groups excluding carboxylic acids is 2. The van der Waals surface area contributed by atoms with Gasteiger partial charge >= 0.3 is 0 Å². The Balaban J connectivity index is 2.20. The van der Waals surface area contributed by atoms with Gasteiger partial charge in [0, 0.05) is 25.3 Å². The first-order valence-electron chi connectivity index (χ1n) is 4.65. The molecule has 1 rings (SSSR count). The Morgan fingerprint density at radius 3 is 2.23 bits per heavy atom. The van der Waals surface area contributed by atoms with E-state index < -0.39 is 0 Å². The van der Waals surface area contributed by atoms with Crippen molar-refractivity contribution in [3.05, 3.63) is 0 Å². The maximum atomic E-state index is 11.1. The molecule has 1 aliphatic rings. The van der Waals surface area contributed by atoms with E-state index in [9.17, 15) is 9.59 Å². The summed E-state index contributed by atoms with van der Waals surface area (Å²) in [6.07, 6.45) is 3.62. The van der Waals surface area contributed by atoms with Crippen molar-refractivity contribution in [3.8, 4) is 0 Å². The average molecular weight is 204 g/mol. The lowest BCUT2D eigenvalue weighted by Gasteiger charge is -2.12. The van der Waals surface area contributed by atoms with Gasteiger partial charge in [0.25, 0.3) is 0 Å². The van der Waals surface area contributed by atoms with Gasteiger partial charge in [0.15, 0.2) is 0 Å². The molecule has 13 heavy (non-hydrogen) atoms. The van der Waals surface area contributed by atoms with E-state index in [1.807, 2.05) is 0 Å². The molecule has 4 heteroatoms. The zero-order valence-corrected chi connectivity index (χ0v) is 8.35. The number of hydrogen-bond acceptors (Lipinski definition) is 2. The van der Waals surface area contributed by atoms with Crippen LogP contribution in [0.3, 0.4) is 0 Å². The van der Waals surface area contributed by atoms with Crippen LogP contribution in [0, 0.1) is 0 Å². The summed E-state index contributed by atoms with van der Waals surface area (Å²) in [4.78, 5) is 23.6. The Hall–Kier alpha value is -0.570. The van der Waals surface area contributed by atoms with Crippen molar-refractivity contribution in [2.75, 3.05) is 12.4 Å². The van der Waals surface area contributed by atoms with Crippen molar-refractivity contribution in [2.45, 2.75) is 32.1 Å². The molecule has 1 saturated heterocycles. The number of hydrogen-bond donors (Lipinski definition) is 0.